The molecule has 1 unspecified atom stereocenters. The zero-order valence-electron chi connectivity index (χ0n) is 13.3. The molecule has 0 amide bonds. The van der Waals surface area contributed by atoms with E-state index in [0.29, 0.717) is 11.1 Å². The molecule has 0 saturated carbocycles. The maximum absolute atomic E-state index is 13.9. The smallest absolute Gasteiger partial charge is 0.220 e. The van der Waals surface area contributed by atoms with Crippen molar-refractivity contribution in [3.05, 3.63) is 78.2 Å². The standard InChI is InChI=1S/C19H11FN4O2/c20-14-5-1-3-7-16(14)24-11-12(10-22-24)18(25)13(9-21)19-23-15-6-2-4-8-17(15)26-19/h1-8,10-11,13H. The van der Waals surface area contributed by atoms with E-state index in [4.69, 9.17) is 4.42 Å². The van der Waals surface area contributed by atoms with Crippen LogP contribution in [0.5, 0.6) is 0 Å². The largest absolute Gasteiger partial charge is 0.439 e. The van der Waals surface area contributed by atoms with Crippen molar-refractivity contribution in [2.45, 2.75) is 5.92 Å². The molecule has 26 heavy (non-hydrogen) atoms. The Labute approximate surface area is 147 Å². The molecule has 0 radical (unpaired) electrons. The molecule has 2 aromatic carbocycles. The third kappa shape index (κ3) is 2.63. The van der Waals surface area contributed by atoms with Crippen LogP contribution in [-0.2, 0) is 0 Å². The number of fused-ring (bicyclic) bond motifs is 1. The molecule has 0 aliphatic heterocycles. The fraction of sp³-hybridized carbons (Fsp3) is 0.0526. The van der Waals surface area contributed by atoms with Crippen LogP contribution in [0.4, 0.5) is 4.39 Å². The van der Waals surface area contributed by atoms with E-state index in [2.05, 4.69) is 10.1 Å². The number of benzene rings is 2. The number of para-hydroxylation sites is 3. The molecular formula is C19H11FN4O2. The zero-order valence-corrected chi connectivity index (χ0v) is 13.3. The molecule has 7 heteroatoms. The van der Waals surface area contributed by atoms with Gasteiger partial charge in [0, 0.05) is 6.20 Å². The van der Waals surface area contributed by atoms with Crippen molar-refractivity contribution in [1.82, 2.24) is 14.8 Å². The molecule has 4 rings (SSSR count). The highest BCUT2D eigenvalue weighted by molar-refractivity contribution is 6.02. The lowest BCUT2D eigenvalue weighted by Crippen LogP contribution is -2.11. The van der Waals surface area contributed by atoms with Crippen LogP contribution >= 0.6 is 0 Å². The number of hydrogen-bond donors (Lipinski definition) is 0. The lowest BCUT2D eigenvalue weighted by Gasteiger charge is -2.03. The highest BCUT2D eigenvalue weighted by Crippen LogP contribution is 2.24. The maximum Gasteiger partial charge on any atom is 0.220 e. The first-order valence-corrected chi connectivity index (χ1v) is 7.76. The number of ketones is 1. The van der Waals surface area contributed by atoms with E-state index in [1.165, 1.54) is 23.1 Å². The van der Waals surface area contributed by atoms with Crippen molar-refractivity contribution in [3.63, 3.8) is 0 Å². The van der Waals surface area contributed by atoms with Crippen LogP contribution in [-0.4, -0.2) is 20.5 Å². The summed E-state index contributed by atoms with van der Waals surface area (Å²) in [4.78, 5) is 16.9. The molecular weight excluding hydrogens is 335 g/mol. The summed E-state index contributed by atoms with van der Waals surface area (Å²) in [5.41, 5.74) is 1.44. The number of oxazole rings is 1. The third-order valence-electron chi connectivity index (χ3n) is 3.92. The van der Waals surface area contributed by atoms with Crippen molar-refractivity contribution in [2.24, 2.45) is 0 Å². The molecule has 0 aliphatic carbocycles. The topological polar surface area (TPSA) is 84.7 Å². The average molecular weight is 346 g/mol. The normalized spacial score (nSPS) is 12.0. The van der Waals surface area contributed by atoms with E-state index in [1.54, 1.807) is 42.5 Å². The molecule has 0 aliphatic rings. The maximum atomic E-state index is 13.9. The fourth-order valence-electron chi connectivity index (χ4n) is 2.63. The van der Waals surface area contributed by atoms with Crippen LogP contribution in [0.2, 0.25) is 0 Å². The van der Waals surface area contributed by atoms with Crippen LogP contribution < -0.4 is 0 Å². The summed E-state index contributed by atoms with van der Waals surface area (Å²) in [5, 5.41) is 13.5. The van der Waals surface area contributed by atoms with Gasteiger partial charge >= 0.3 is 0 Å². The Morgan fingerprint density at radius 3 is 2.73 bits per heavy atom. The van der Waals surface area contributed by atoms with Crippen molar-refractivity contribution in [1.29, 1.82) is 5.26 Å². The Kier molecular flexibility index (Phi) is 3.78. The second-order valence-corrected chi connectivity index (χ2v) is 5.57. The zero-order chi connectivity index (χ0) is 18.1. The highest BCUT2D eigenvalue weighted by Gasteiger charge is 2.28. The minimum atomic E-state index is -1.21. The van der Waals surface area contributed by atoms with Crippen LogP contribution in [0.15, 0.2) is 65.3 Å². The molecule has 2 heterocycles. The summed E-state index contributed by atoms with van der Waals surface area (Å²) in [6, 6.07) is 15.0. The first kappa shape index (κ1) is 15.7. The Morgan fingerprint density at radius 2 is 1.96 bits per heavy atom. The quantitative estimate of drug-likeness (QED) is 0.527. The lowest BCUT2D eigenvalue weighted by atomic mass is 10.0. The van der Waals surface area contributed by atoms with Gasteiger partial charge in [0.05, 0.1) is 17.8 Å². The number of nitriles is 1. The number of carbonyl (C=O) groups is 1. The van der Waals surface area contributed by atoms with Gasteiger partial charge in [-0.05, 0) is 24.3 Å². The van der Waals surface area contributed by atoms with Crippen LogP contribution in [0.3, 0.4) is 0 Å². The minimum Gasteiger partial charge on any atom is -0.439 e. The van der Waals surface area contributed by atoms with Gasteiger partial charge in [-0.25, -0.2) is 14.1 Å². The molecule has 0 saturated heterocycles. The third-order valence-corrected chi connectivity index (χ3v) is 3.92. The van der Waals surface area contributed by atoms with E-state index in [-0.39, 0.29) is 17.1 Å². The monoisotopic (exact) mass is 346 g/mol. The summed E-state index contributed by atoms with van der Waals surface area (Å²) < 4.78 is 20.7. The number of rotatable bonds is 4. The Hall–Kier alpha value is -3.79. The first-order valence-electron chi connectivity index (χ1n) is 7.76. The lowest BCUT2D eigenvalue weighted by molar-refractivity contribution is 0.0970. The van der Waals surface area contributed by atoms with E-state index in [9.17, 15) is 14.4 Å². The predicted octanol–water partition coefficient (Wildman–Crippen LogP) is 3.64. The molecule has 0 fully saturated rings. The summed E-state index contributed by atoms with van der Waals surface area (Å²) >= 11 is 0. The van der Waals surface area contributed by atoms with Crippen molar-refractivity contribution in [2.75, 3.05) is 0 Å². The highest BCUT2D eigenvalue weighted by atomic mass is 19.1. The van der Waals surface area contributed by atoms with Crippen LogP contribution in [0, 0.1) is 17.1 Å². The molecule has 0 spiro atoms. The molecule has 0 N–H and O–H groups in total. The fourth-order valence-corrected chi connectivity index (χ4v) is 2.63. The SMILES string of the molecule is N#CC(C(=O)c1cnn(-c2ccccc2F)c1)c1nc2ccccc2o1. The van der Waals surface area contributed by atoms with E-state index in [1.807, 2.05) is 6.07 Å². The van der Waals surface area contributed by atoms with Gasteiger partial charge in [-0.1, -0.05) is 24.3 Å². The average Bonchev–Trinajstić information content (AvgIpc) is 3.29. The molecule has 2 aromatic heterocycles. The number of carbonyl (C=O) groups excluding carboxylic acids is 1. The second-order valence-electron chi connectivity index (χ2n) is 5.57. The number of Topliss-reactive ketones (excluding diaryl/α,β-unsaturated/α-hetero) is 1. The molecule has 6 nitrogen and oxygen atoms in total. The van der Waals surface area contributed by atoms with Crippen LogP contribution in [0.1, 0.15) is 22.2 Å². The molecule has 0 bridgehead atoms. The van der Waals surface area contributed by atoms with Crippen molar-refractivity contribution < 1.29 is 13.6 Å². The van der Waals surface area contributed by atoms with Gasteiger partial charge < -0.3 is 4.42 Å². The van der Waals surface area contributed by atoms with E-state index < -0.39 is 17.5 Å². The molecule has 4 aromatic rings. The number of hydrogen-bond acceptors (Lipinski definition) is 5. The van der Waals surface area contributed by atoms with Gasteiger partial charge in [0.15, 0.2) is 17.3 Å². The summed E-state index contributed by atoms with van der Waals surface area (Å²) in [6.07, 6.45) is 2.68. The Balaban J connectivity index is 1.68. The summed E-state index contributed by atoms with van der Waals surface area (Å²) in [5.74, 6) is -2.16. The van der Waals surface area contributed by atoms with E-state index in [0.717, 1.165) is 0 Å². The number of halogens is 1. The van der Waals surface area contributed by atoms with Crippen molar-refractivity contribution >= 4 is 16.9 Å². The van der Waals surface area contributed by atoms with Gasteiger partial charge in [-0.2, -0.15) is 10.4 Å². The van der Waals surface area contributed by atoms with Gasteiger partial charge in [-0.3, -0.25) is 4.79 Å². The number of aromatic nitrogens is 3. The van der Waals surface area contributed by atoms with Crippen molar-refractivity contribution in [3.8, 4) is 11.8 Å². The number of nitrogens with zero attached hydrogens (tertiary/aromatic N) is 4. The van der Waals surface area contributed by atoms with Gasteiger partial charge in [-0.15, -0.1) is 0 Å². The van der Waals surface area contributed by atoms with Gasteiger partial charge in [0.1, 0.15) is 17.0 Å². The molecule has 126 valence electrons. The van der Waals surface area contributed by atoms with Gasteiger partial charge in [0.25, 0.3) is 0 Å². The molecule has 1 atom stereocenters. The first-order chi connectivity index (χ1) is 12.7. The van der Waals surface area contributed by atoms with Gasteiger partial charge in [0.2, 0.25) is 5.89 Å². The second kappa shape index (κ2) is 6.26. The van der Waals surface area contributed by atoms with E-state index >= 15 is 0 Å². The van der Waals surface area contributed by atoms with Crippen LogP contribution in [0.25, 0.3) is 16.8 Å². The summed E-state index contributed by atoms with van der Waals surface area (Å²) in [7, 11) is 0. The summed E-state index contributed by atoms with van der Waals surface area (Å²) in [6.45, 7) is 0. The Morgan fingerprint density at radius 1 is 1.19 bits per heavy atom. The predicted molar refractivity (Wildman–Crippen MR) is 90.2 cm³/mol. The minimum absolute atomic E-state index is 0.0253. The Bertz CT molecular complexity index is 1120.